The molecule has 0 saturated carbocycles. The van der Waals surface area contributed by atoms with Crippen LogP contribution >= 0.6 is 24.0 Å². The maximum Gasteiger partial charge on any atom is 0.343 e. The molecule has 0 unspecified atom stereocenters. The molecule has 0 bridgehead atoms. The average Bonchev–Trinajstić information content (AvgIpc) is 2.83. The van der Waals surface area contributed by atoms with Crippen molar-refractivity contribution < 1.29 is 19.1 Å². The second kappa shape index (κ2) is 7.94. The van der Waals surface area contributed by atoms with Gasteiger partial charge in [0.15, 0.2) is 6.61 Å². The van der Waals surface area contributed by atoms with Crippen LogP contribution in [0.4, 0.5) is 0 Å². The van der Waals surface area contributed by atoms with Crippen molar-refractivity contribution in [1.29, 1.82) is 0 Å². The number of amides is 1. The van der Waals surface area contributed by atoms with Gasteiger partial charge in [0.2, 0.25) is 0 Å². The third-order valence-corrected chi connectivity index (χ3v) is 4.04. The maximum absolute atomic E-state index is 11.7. The van der Waals surface area contributed by atoms with Crippen molar-refractivity contribution in [2.75, 3.05) is 13.7 Å². The van der Waals surface area contributed by atoms with Crippen molar-refractivity contribution in [2.45, 2.75) is 6.92 Å². The van der Waals surface area contributed by atoms with Gasteiger partial charge in [-0.2, -0.15) is 0 Å². The van der Waals surface area contributed by atoms with E-state index >= 15 is 0 Å². The molecule has 1 aromatic rings. The molecular weight excluding hydrogens is 334 g/mol. The van der Waals surface area contributed by atoms with E-state index in [2.05, 4.69) is 10.1 Å². The molecule has 1 fully saturated rings. The highest BCUT2D eigenvalue weighted by atomic mass is 32.2. The molecule has 1 amide bonds. The second-order valence-corrected chi connectivity index (χ2v) is 6.36. The third-order valence-electron chi connectivity index (χ3n) is 2.88. The van der Waals surface area contributed by atoms with E-state index in [0.717, 1.165) is 11.1 Å². The van der Waals surface area contributed by atoms with Crippen LogP contribution in [0.25, 0.3) is 6.08 Å². The minimum Gasteiger partial charge on any atom is -0.481 e. The minimum atomic E-state index is -0.449. The van der Waals surface area contributed by atoms with Gasteiger partial charge in [0.05, 0.1) is 12.0 Å². The summed E-state index contributed by atoms with van der Waals surface area (Å²) in [5.41, 5.74) is 1.67. The topological polar surface area (TPSA) is 64.6 Å². The molecule has 0 atom stereocenters. The lowest BCUT2D eigenvalue weighted by Gasteiger charge is -2.08. The molecule has 0 spiro atoms. The van der Waals surface area contributed by atoms with Gasteiger partial charge in [-0.15, -0.1) is 0 Å². The summed E-state index contributed by atoms with van der Waals surface area (Å²) in [6.45, 7) is 1.72. The zero-order valence-corrected chi connectivity index (χ0v) is 14.3. The first-order valence-electron chi connectivity index (χ1n) is 6.71. The summed E-state index contributed by atoms with van der Waals surface area (Å²) in [6, 6.07) is 7.31. The van der Waals surface area contributed by atoms with Gasteiger partial charge in [-0.25, -0.2) is 4.79 Å². The lowest BCUT2D eigenvalue weighted by Crippen LogP contribution is -2.17. The number of methoxy groups -OCH3 is 1. The Kier molecular flexibility index (Phi) is 5.95. The molecule has 1 saturated heterocycles. The number of hydrogen-bond acceptors (Lipinski definition) is 6. The van der Waals surface area contributed by atoms with Crippen LogP contribution < -0.4 is 10.1 Å². The summed E-state index contributed by atoms with van der Waals surface area (Å²) < 4.78 is 10.5. The molecular formula is C16H15NO4S2. The predicted octanol–water partition coefficient (Wildman–Crippen LogP) is 2.67. The van der Waals surface area contributed by atoms with Crippen LogP contribution in [0.3, 0.4) is 0 Å². The fraction of sp³-hybridized carbons (Fsp3) is 0.188. The molecule has 1 heterocycles. The number of thiocarbonyl (C=S) groups is 1. The Balaban J connectivity index is 2.18. The third kappa shape index (κ3) is 4.94. The van der Waals surface area contributed by atoms with Gasteiger partial charge in [-0.1, -0.05) is 42.2 Å². The normalized spacial score (nSPS) is 16.4. The monoisotopic (exact) mass is 349 g/mol. The second-order valence-electron chi connectivity index (χ2n) is 4.64. The quantitative estimate of drug-likeness (QED) is 0.501. The van der Waals surface area contributed by atoms with E-state index in [4.69, 9.17) is 17.0 Å². The number of carbonyl (C=O) groups is 2. The van der Waals surface area contributed by atoms with Crippen molar-refractivity contribution in [3.8, 4) is 5.75 Å². The largest absolute Gasteiger partial charge is 0.481 e. The summed E-state index contributed by atoms with van der Waals surface area (Å²) in [7, 11) is 1.31. The zero-order valence-electron chi connectivity index (χ0n) is 12.6. The van der Waals surface area contributed by atoms with Crippen molar-refractivity contribution in [1.82, 2.24) is 5.32 Å². The first kappa shape index (κ1) is 17.2. The van der Waals surface area contributed by atoms with Crippen LogP contribution in [-0.4, -0.2) is 29.9 Å². The highest BCUT2D eigenvalue weighted by Crippen LogP contribution is 2.26. The summed E-state index contributed by atoms with van der Waals surface area (Å²) in [4.78, 5) is 23.4. The molecule has 2 rings (SSSR count). The molecule has 0 aromatic heterocycles. The Hall–Kier alpha value is -2.12. The van der Waals surface area contributed by atoms with Gasteiger partial charge in [-0.05, 0) is 30.7 Å². The number of benzene rings is 1. The number of nitrogens with one attached hydrogen (secondary N) is 1. The van der Waals surface area contributed by atoms with Crippen LogP contribution in [0.15, 0.2) is 40.8 Å². The summed E-state index contributed by atoms with van der Waals surface area (Å²) in [5.74, 6) is -0.0761. The number of thioether (sulfide) groups is 1. The van der Waals surface area contributed by atoms with Crippen molar-refractivity contribution in [3.05, 3.63) is 46.4 Å². The van der Waals surface area contributed by atoms with Crippen molar-refractivity contribution in [3.63, 3.8) is 0 Å². The zero-order chi connectivity index (χ0) is 16.8. The molecule has 120 valence electrons. The Morgan fingerprint density at radius 2 is 2.13 bits per heavy atom. The van der Waals surface area contributed by atoms with E-state index in [9.17, 15) is 9.59 Å². The molecule has 1 aromatic carbocycles. The number of carbonyl (C=O) groups excluding carboxylic acids is 2. The number of allylic oxidation sites excluding steroid dienone is 2. The average molecular weight is 349 g/mol. The van der Waals surface area contributed by atoms with Gasteiger partial charge in [0.1, 0.15) is 10.1 Å². The number of hydrogen-bond donors (Lipinski definition) is 1. The first-order valence-corrected chi connectivity index (χ1v) is 7.94. The van der Waals surface area contributed by atoms with Crippen LogP contribution in [0, 0.1) is 0 Å². The van der Waals surface area contributed by atoms with Gasteiger partial charge in [-0.3, -0.25) is 4.79 Å². The van der Waals surface area contributed by atoms with Gasteiger partial charge in [0.25, 0.3) is 5.91 Å². The molecule has 1 aliphatic rings. The fourth-order valence-corrected chi connectivity index (χ4v) is 2.94. The molecule has 1 aliphatic heterocycles. The van der Waals surface area contributed by atoms with Crippen LogP contribution in [0.2, 0.25) is 0 Å². The van der Waals surface area contributed by atoms with Crippen LogP contribution in [-0.2, 0) is 14.3 Å². The van der Waals surface area contributed by atoms with Crippen molar-refractivity contribution >= 4 is 46.3 Å². The minimum absolute atomic E-state index is 0.159. The van der Waals surface area contributed by atoms with E-state index in [-0.39, 0.29) is 12.5 Å². The van der Waals surface area contributed by atoms with E-state index in [0.29, 0.717) is 15.0 Å². The maximum atomic E-state index is 11.7. The van der Waals surface area contributed by atoms with Gasteiger partial charge >= 0.3 is 5.97 Å². The Morgan fingerprint density at radius 1 is 1.39 bits per heavy atom. The predicted molar refractivity (Wildman–Crippen MR) is 94.0 cm³/mol. The van der Waals surface area contributed by atoms with Gasteiger partial charge in [0, 0.05) is 5.56 Å². The van der Waals surface area contributed by atoms with Crippen molar-refractivity contribution in [2.24, 2.45) is 0 Å². The number of para-hydroxylation sites is 1. The molecule has 0 radical (unpaired) electrons. The molecule has 1 N–H and O–H groups in total. The SMILES string of the molecule is COC(=O)COc1ccccc1/C=C(C)/C=C1\SC(=S)NC1=O. The number of ether oxygens (including phenoxy) is 2. The van der Waals surface area contributed by atoms with E-state index in [1.807, 2.05) is 31.2 Å². The highest BCUT2D eigenvalue weighted by Gasteiger charge is 2.21. The number of rotatable bonds is 5. The summed E-state index contributed by atoms with van der Waals surface area (Å²) in [6.07, 6.45) is 3.63. The summed E-state index contributed by atoms with van der Waals surface area (Å²) >= 11 is 6.19. The molecule has 7 heteroatoms. The van der Waals surface area contributed by atoms with Crippen LogP contribution in [0.5, 0.6) is 5.75 Å². The summed E-state index contributed by atoms with van der Waals surface area (Å²) in [5, 5.41) is 2.57. The standard InChI is InChI=1S/C16H15NO4S2/c1-10(8-13-15(19)17-16(22)23-13)7-11-5-3-4-6-12(11)21-9-14(18)20-2/h3-8H,9H2,1-2H3,(H,17,19,22)/b10-7+,13-8-. The lowest BCUT2D eigenvalue weighted by molar-refractivity contribution is -0.142. The molecule has 5 nitrogen and oxygen atoms in total. The Labute approximate surface area is 143 Å². The molecule has 23 heavy (non-hydrogen) atoms. The first-order chi connectivity index (χ1) is 11.0. The Morgan fingerprint density at radius 3 is 2.78 bits per heavy atom. The Bertz CT molecular complexity index is 710. The number of esters is 1. The highest BCUT2D eigenvalue weighted by molar-refractivity contribution is 8.26. The van der Waals surface area contributed by atoms with Crippen LogP contribution in [0.1, 0.15) is 12.5 Å². The van der Waals surface area contributed by atoms with Gasteiger partial charge < -0.3 is 14.8 Å². The van der Waals surface area contributed by atoms with E-state index in [1.165, 1.54) is 18.9 Å². The van der Waals surface area contributed by atoms with E-state index in [1.54, 1.807) is 12.1 Å². The lowest BCUT2D eigenvalue weighted by atomic mass is 10.1. The molecule has 0 aliphatic carbocycles. The fourth-order valence-electron chi connectivity index (χ4n) is 1.84. The van der Waals surface area contributed by atoms with E-state index < -0.39 is 5.97 Å². The smallest absolute Gasteiger partial charge is 0.343 e.